The molecule has 0 fully saturated rings. The lowest BCUT2D eigenvalue weighted by Gasteiger charge is -2.16. The van der Waals surface area contributed by atoms with Crippen molar-refractivity contribution in [2.45, 2.75) is 23.1 Å². The van der Waals surface area contributed by atoms with Crippen LogP contribution in [-0.4, -0.2) is 68.7 Å². The number of rotatable bonds is 16. The number of para-hydroxylation sites is 1. The van der Waals surface area contributed by atoms with Crippen LogP contribution in [0.25, 0.3) is 21.8 Å². The number of fused-ring (bicyclic) bond motifs is 2. The largest absolute Gasteiger partial charge is 0.573 e. The smallest absolute Gasteiger partial charge is 0.494 e. The predicted molar refractivity (Wildman–Crippen MR) is 265 cm³/mol. The Labute approximate surface area is 425 Å². The number of pyridine rings is 2. The average molecular weight is 1090 g/mol. The number of methoxy groups -OCH3 is 5. The van der Waals surface area contributed by atoms with Gasteiger partial charge in [-0.15, -0.1) is 13.2 Å². The summed E-state index contributed by atoms with van der Waals surface area (Å²) in [5, 5.41) is 1.47. The molecule has 0 bridgehead atoms. The first-order valence-electron chi connectivity index (χ1n) is 20.9. The fourth-order valence-electron chi connectivity index (χ4n) is 7.02. The molecule has 382 valence electrons. The van der Waals surface area contributed by atoms with Crippen LogP contribution in [0.1, 0.15) is 5.56 Å². The summed E-state index contributed by atoms with van der Waals surface area (Å²) >= 11 is 12.1. The summed E-state index contributed by atoms with van der Waals surface area (Å²) in [4.78, 5) is 7.66. The molecule has 0 amide bonds. The molecular formula is C49H40Cl2F4N4O12S2. The molecule has 0 saturated heterocycles. The van der Waals surface area contributed by atoms with Crippen LogP contribution in [-0.2, 0) is 20.0 Å². The van der Waals surface area contributed by atoms with Gasteiger partial charge in [-0.3, -0.25) is 19.4 Å². The van der Waals surface area contributed by atoms with Gasteiger partial charge in [0.25, 0.3) is 20.0 Å². The number of alkyl halides is 3. The minimum atomic E-state index is -5.11. The molecule has 0 aliphatic carbocycles. The fourth-order valence-corrected chi connectivity index (χ4v) is 10.2. The van der Waals surface area contributed by atoms with Gasteiger partial charge in [-0.2, -0.15) is 0 Å². The highest BCUT2D eigenvalue weighted by molar-refractivity contribution is 7.93. The molecule has 0 unspecified atom stereocenters. The Morgan fingerprint density at radius 3 is 1.52 bits per heavy atom. The Bertz CT molecular complexity index is 3600. The minimum Gasteiger partial charge on any atom is -0.494 e. The Morgan fingerprint density at radius 1 is 0.521 bits per heavy atom. The SMILES string of the molecule is COc1cc2nccc(Oc3ccc(NS(=O)(=O)c4cc(Cl)cc(Cl)c4OC)cc3C)c2cc1OC.COc1cc2nccc(Oc3ccc(NS(=O)(=O)c4ccccc4OC(F)(F)F)cc3F)c2cc1OC. The van der Waals surface area contributed by atoms with Crippen molar-refractivity contribution in [3.05, 3.63) is 143 Å². The van der Waals surface area contributed by atoms with E-state index >= 15 is 0 Å². The minimum absolute atomic E-state index is 0.00173. The van der Waals surface area contributed by atoms with Crippen LogP contribution < -0.4 is 47.3 Å². The second kappa shape index (κ2) is 22.0. The van der Waals surface area contributed by atoms with E-state index in [-0.39, 0.29) is 37.9 Å². The first-order valence-corrected chi connectivity index (χ1v) is 24.6. The number of aryl methyl sites for hydroxylation is 1. The first-order chi connectivity index (χ1) is 34.7. The third-order valence-electron chi connectivity index (χ3n) is 10.3. The number of halogens is 6. The second-order valence-electron chi connectivity index (χ2n) is 15.0. The van der Waals surface area contributed by atoms with Gasteiger partial charge in [-0.05, 0) is 91.3 Å². The maximum atomic E-state index is 14.9. The van der Waals surface area contributed by atoms with E-state index in [4.69, 9.17) is 56.4 Å². The van der Waals surface area contributed by atoms with Gasteiger partial charge in [0.2, 0.25) is 0 Å². The van der Waals surface area contributed by atoms with Gasteiger partial charge in [0.1, 0.15) is 32.8 Å². The second-order valence-corrected chi connectivity index (χ2v) is 19.2. The van der Waals surface area contributed by atoms with Crippen molar-refractivity contribution >= 4 is 76.4 Å². The van der Waals surface area contributed by atoms with Crippen molar-refractivity contribution in [3.63, 3.8) is 0 Å². The van der Waals surface area contributed by atoms with Crippen molar-refractivity contribution < 1.29 is 72.3 Å². The van der Waals surface area contributed by atoms with E-state index in [1.807, 2.05) is 4.72 Å². The average Bonchev–Trinajstić information content (AvgIpc) is 3.34. The molecule has 0 aliphatic rings. The van der Waals surface area contributed by atoms with E-state index < -0.39 is 42.9 Å². The number of nitrogens with one attached hydrogen (secondary N) is 2. The molecule has 8 rings (SSSR count). The molecule has 0 radical (unpaired) electrons. The van der Waals surface area contributed by atoms with Gasteiger partial charge in [0.15, 0.2) is 40.3 Å². The van der Waals surface area contributed by atoms with E-state index in [1.54, 1.807) is 75.9 Å². The Balaban J connectivity index is 0.000000214. The summed E-state index contributed by atoms with van der Waals surface area (Å²) in [6.07, 6.45) is -2.03. The number of anilines is 2. The summed E-state index contributed by atoms with van der Waals surface area (Å²) in [5.74, 6) is 1.13. The third-order valence-corrected chi connectivity index (χ3v) is 13.6. The lowest BCUT2D eigenvalue weighted by Crippen LogP contribution is -2.20. The maximum absolute atomic E-state index is 14.9. The van der Waals surface area contributed by atoms with Gasteiger partial charge in [-0.1, -0.05) is 35.3 Å². The highest BCUT2D eigenvalue weighted by Crippen LogP contribution is 2.41. The zero-order valence-electron chi connectivity index (χ0n) is 38.9. The van der Waals surface area contributed by atoms with E-state index in [0.29, 0.717) is 62.2 Å². The standard InChI is InChI=1S/C25H22Cl2N2O6S.C24H18F4N2O6S/c1-14-9-16(29-36(30,31)24-11-15(26)10-18(27)25(24)34-4)5-6-20(14)35-21-7-8-28-19-13-23(33-3)22(32-2)12-17(19)21;1-33-21-12-15-17(13-22(21)34-2)29-10-9-18(15)35-19-8-7-14(11-16(19)25)30-37(31,32)23-6-4-3-5-20(23)36-24(26,27)28/h5-13,29H,1-4H3;3-13,30H,1-2H3. The molecule has 0 aliphatic heterocycles. The predicted octanol–water partition coefficient (Wildman–Crippen LogP) is 12.4. The van der Waals surface area contributed by atoms with Crippen molar-refractivity contribution in [1.29, 1.82) is 0 Å². The van der Waals surface area contributed by atoms with Crippen LogP contribution in [0.5, 0.6) is 57.5 Å². The monoisotopic (exact) mass is 1090 g/mol. The zero-order valence-corrected chi connectivity index (χ0v) is 42.1. The van der Waals surface area contributed by atoms with E-state index in [0.717, 1.165) is 23.6 Å². The van der Waals surface area contributed by atoms with E-state index in [1.165, 1.54) is 70.0 Å². The van der Waals surface area contributed by atoms with Crippen molar-refractivity contribution in [2.24, 2.45) is 0 Å². The highest BCUT2D eigenvalue weighted by atomic mass is 35.5. The molecule has 24 heteroatoms. The molecule has 6 aromatic carbocycles. The number of nitrogens with zero attached hydrogens (tertiary/aromatic N) is 2. The number of benzene rings is 6. The van der Waals surface area contributed by atoms with Gasteiger partial charge >= 0.3 is 6.36 Å². The number of hydrogen-bond donors (Lipinski definition) is 2. The van der Waals surface area contributed by atoms with Crippen molar-refractivity contribution in [2.75, 3.05) is 45.0 Å². The number of ether oxygens (including phenoxy) is 8. The topological polar surface area (TPSA) is 192 Å². The zero-order chi connectivity index (χ0) is 52.8. The normalized spacial score (nSPS) is 11.5. The van der Waals surface area contributed by atoms with Crippen LogP contribution in [0.3, 0.4) is 0 Å². The molecule has 2 aromatic heterocycles. The molecular weight excluding hydrogens is 1050 g/mol. The van der Waals surface area contributed by atoms with E-state index in [9.17, 15) is 34.4 Å². The van der Waals surface area contributed by atoms with Gasteiger partial charge < -0.3 is 37.9 Å². The van der Waals surface area contributed by atoms with Crippen LogP contribution >= 0.6 is 23.2 Å². The maximum Gasteiger partial charge on any atom is 0.573 e. The summed E-state index contributed by atoms with van der Waals surface area (Å²) < 4.78 is 151. The highest BCUT2D eigenvalue weighted by Gasteiger charge is 2.34. The molecule has 0 saturated carbocycles. The molecule has 73 heavy (non-hydrogen) atoms. The lowest BCUT2D eigenvalue weighted by molar-refractivity contribution is -0.275. The van der Waals surface area contributed by atoms with Crippen molar-refractivity contribution in [1.82, 2.24) is 9.97 Å². The fraction of sp³-hybridized carbons (Fsp3) is 0.143. The number of hydrogen-bond acceptors (Lipinski definition) is 14. The van der Waals surface area contributed by atoms with E-state index in [2.05, 4.69) is 19.4 Å². The molecule has 8 aromatic rings. The molecule has 0 spiro atoms. The summed E-state index contributed by atoms with van der Waals surface area (Å²) in [6, 6.07) is 25.0. The Hall–Kier alpha value is -7.66. The summed E-state index contributed by atoms with van der Waals surface area (Å²) in [7, 11) is -1.25. The van der Waals surface area contributed by atoms with Crippen LogP contribution in [0.2, 0.25) is 10.0 Å². The quantitative estimate of drug-likeness (QED) is 0.0868. The van der Waals surface area contributed by atoms with Crippen LogP contribution in [0.15, 0.2) is 131 Å². The number of aromatic nitrogens is 2. The van der Waals surface area contributed by atoms with Crippen LogP contribution in [0.4, 0.5) is 28.9 Å². The third kappa shape index (κ3) is 12.3. The summed E-state index contributed by atoms with van der Waals surface area (Å²) in [5.41, 5.74) is 1.92. The first kappa shape index (κ1) is 53.1. The summed E-state index contributed by atoms with van der Waals surface area (Å²) in [6.45, 7) is 1.80. The van der Waals surface area contributed by atoms with Gasteiger partial charge in [0.05, 0.1) is 57.3 Å². The van der Waals surface area contributed by atoms with Gasteiger partial charge in [-0.25, -0.2) is 21.2 Å². The van der Waals surface area contributed by atoms with Crippen LogP contribution in [0, 0.1) is 12.7 Å². The van der Waals surface area contributed by atoms with Crippen molar-refractivity contribution in [3.8, 4) is 57.5 Å². The van der Waals surface area contributed by atoms with Gasteiger partial charge in [0, 0.05) is 52.1 Å². The number of sulfonamides is 2. The Morgan fingerprint density at radius 2 is 1.01 bits per heavy atom. The molecule has 0 atom stereocenters. The lowest BCUT2D eigenvalue weighted by atomic mass is 10.1. The molecule has 2 N–H and O–H groups in total. The molecule has 16 nitrogen and oxygen atoms in total. The molecule has 2 heterocycles. The Kier molecular flexibility index (Phi) is 16.0.